The lowest BCUT2D eigenvalue weighted by atomic mass is 9.92. The van der Waals surface area contributed by atoms with E-state index in [9.17, 15) is 9.59 Å². The molecule has 0 aliphatic carbocycles. The van der Waals surface area contributed by atoms with Gasteiger partial charge in [0.1, 0.15) is 6.61 Å². The topological polar surface area (TPSA) is 66.4 Å². The summed E-state index contributed by atoms with van der Waals surface area (Å²) in [6.07, 6.45) is 0.760. The molecule has 4 nitrogen and oxygen atoms in total. The van der Waals surface area contributed by atoms with E-state index in [0.717, 1.165) is 12.0 Å². The monoisotopic (exact) mass is 283 g/mol. The molecule has 1 aromatic rings. The number of aliphatic hydroxyl groups is 1. The first-order chi connectivity index (χ1) is 8.92. The van der Waals surface area contributed by atoms with Crippen LogP contribution >= 0.6 is 11.3 Å². The molecule has 0 spiro atoms. The van der Waals surface area contributed by atoms with Crippen LogP contribution in [-0.4, -0.2) is 23.4 Å². The van der Waals surface area contributed by atoms with Crippen LogP contribution in [0, 0.1) is 18.8 Å². The Morgan fingerprint density at radius 1 is 1.42 bits per heavy atom. The highest BCUT2D eigenvalue weighted by Crippen LogP contribution is 2.29. The molecule has 0 aromatic carbocycles. The van der Waals surface area contributed by atoms with Crippen molar-refractivity contribution in [3.05, 3.63) is 15.8 Å². The van der Waals surface area contributed by atoms with Crippen LogP contribution < -0.4 is 5.32 Å². The van der Waals surface area contributed by atoms with Crippen LogP contribution in [-0.2, 0) is 4.79 Å². The smallest absolute Gasteiger partial charge is 0.227 e. The summed E-state index contributed by atoms with van der Waals surface area (Å²) in [5.41, 5.74) is 1.40. The Hall–Kier alpha value is -1.20. The Labute approximate surface area is 117 Å². The lowest BCUT2D eigenvalue weighted by Gasteiger charge is -2.18. The van der Waals surface area contributed by atoms with Crippen LogP contribution in [0.3, 0.4) is 0 Å². The molecule has 1 unspecified atom stereocenters. The van der Waals surface area contributed by atoms with Gasteiger partial charge in [-0.25, -0.2) is 0 Å². The Morgan fingerprint density at radius 3 is 2.53 bits per heavy atom. The molecule has 1 rings (SSSR count). The van der Waals surface area contributed by atoms with Crippen LogP contribution in [0.1, 0.15) is 42.4 Å². The molecule has 1 aromatic heterocycles. The largest absolute Gasteiger partial charge is 0.388 e. The summed E-state index contributed by atoms with van der Waals surface area (Å²) in [6, 6.07) is 0. The highest BCUT2D eigenvalue weighted by molar-refractivity contribution is 7.13. The molecule has 0 saturated carbocycles. The molecule has 19 heavy (non-hydrogen) atoms. The highest BCUT2D eigenvalue weighted by Gasteiger charge is 2.23. The molecule has 1 heterocycles. The van der Waals surface area contributed by atoms with Crippen molar-refractivity contribution in [1.82, 2.24) is 0 Å². The van der Waals surface area contributed by atoms with Crippen molar-refractivity contribution in [1.29, 1.82) is 0 Å². The molecule has 0 fully saturated rings. The number of anilines is 1. The molecule has 1 amide bonds. The molecule has 2 N–H and O–H groups in total. The molecule has 0 radical (unpaired) electrons. The van der Waals surface area contributed by atoms with E-state index in [0.29, 0.717) is 10.6 Å². The predicted molar refractivity (Wildman–Crippen MR) is 77.7 cm³/mol. The third kappa shape index (κ3) is 3.64. The van der Waals surface area contributed by atoms with Gasteiger partial charge < -0.3 is 10.4 Å². The van der Waals surface area contributed by atoms with Crippen LogP contribution in [0.5, 0.6) is 0 Å². The number of carbonyl (C=O) groups is 2. The van der Waals surface area contributed by atoms with E-state index in [1.165, 1.54) is 11.3 Å². The van der Waals surface area contributed by atoms with E-state index < -0.39 is 6.61 Å². The van der Waals surface area contributed by atoms with Gasteiger partial charge in [0, 0.05) is 5.92 Å². The number of aliphatic hydroxyl groups excluding tert-OH is 1. The fraction of sp³-hybridized carbons (Fsp3) is 0.571. The van der Waals surface area contributed by atoms with Crippen molar-refractivity contribution < 1.29 is 14.7 Å². The van der Waals surface area contributed by atoms with Gasteiger partial charge in [0.05, 0.1) is 10.6 Å². The normalized spacial score (nSPS) is 12.5. The second-order valence-corrected chi connectivity index (χ2v) is 5.83. The van der Waals surface area contributed by atoms with Crippen LogP contribution in [0.15, 0.2) is 5.38 Å². The molecule has 0 bridgehead atoms. The zero-order chi connectivity index (χ0) is 14.6. The Kier molecular flexibility index (Phi) is 5.69. The van der Waals surface area contributed by atoms with Crippen molar-refractivity contribution in [2.45, 2.75) is 34.1 Å². The summed E-state index contributed by atoms with van der Waals surface area (Å²) >= 11 is 1.25. The molecule has 0 aliphatic rings. The Bertz CT molecular complexity index is 465. The summed E-state index contributed by atoms with van der Waals surface area (Å²) in [5.74, 6) is -0.241. The molecule has 1 atom stereocenters. The third-order valence-electron chi connectivity index (χ3n) is 3.20. The van der Waals surface area contributed by atoms with Gasteiger partial charge in [0.2, 0.25) is 5.91 Å². The van der Waals surface area contributed by atoms with Gasteiger partial charge in [-0.1, -0.05) is 20.8 Å². The highest BCUT2D eigenvalue weighted by atomic mass is 32.1. The zero-order valence-corrected chi connectivity index (χ0v) is 12.6. The van der Waals surface area contributed by atoms with E-state index in [2.05, 4.69) is 5.32 Å². The molecular weight excluding hydrogens is 262 g/mol. The van der Waals surface area contributed by atoms with Gasteiger partial charge >= 0.3 is 0 Å². The number of aryl methyl sites for hydroxylation is 1. The Morgan fingerprint density at radius 2 is 2.05 bits per heavy atom. The fourth-order valence-electron chi connectivity index (χ4n) is 2.05. The number of amides is 1. The number of hydrogen-bond donors (Lipinski definition) is 2. The van der Waals surface area contributed by atoms with Gasteiger partial charge in [0.15, 0.2) is 5.78 Å². The molecule has 106 valence electrons. The van der Waals surface area contributed by atoms with E-state index in [1.807, 2.05) is 33.1 Å². The van der Waals surface area contributed by atoms with E-state index in [1.54, 1.807) is 0 Å². The Balaban J connectivity index is 2.96. The van der Waals surface area contributed by atoms with Crippen LogP contribution in [0.4, 0.5) is 5.69 Å². The summed E-state index contributed by atoms with van der Waals surface area (Å²) in [6.45, 7) is 7.30. The number of Topliss-reactive ketones (excluding diaryl/α,β-unsaturated/α-hetero) is 1. The summed E-state index contributed by atoms with van der Waals surface area (Å²) in [5, 5.41) is 13.6. The second kappa shape index (κ2) is 6.82. The van der Waals surface area contributed by atoms with Gasteiger partial charge in [0.25, 0.3) is 0 Å². The van der Waals surface area contributed by atoms with Gasteiger partial charge in [-0.15, -0.1) is 11.3 Å². The number of rotatable bonds is 6. The minimum Gasteiger partial charge on any atom is -0.388 e. The third-order valence-corrected chi connectivity index (χ3v) is 4.34. The molecular formula is C14H21NO3S. The van der Waals surface area contributed by atoms with Crippen molar-refractivity contribution >= 4 is 28.7 Å². The number of thiophene rings is 1. The lowest BCUT2D eigenvalue weighted by Crippen LogP contribution is -2.27. The van der Waals surface area contributed by atoms with E-state index >= 15 is 0 Å². The number of ketones is 1. The van der Waals surface area contributed by atoms with Crippen LogP contribution in [0.25, 0.3) is 0 Å². The summed E-state index contributed by atoms with van der Waals surface area (Å²) in [7, 11) is 0. The second-order valence-electron chi connectivity index (χ2n) is 4.95. The SMILES string of the molecule is CCC(C(=O)Nc1c(C)csc1C(=O)CO)C(C)C. The molecule has 0 saturated heterocycles. The average molecular weight is 283 g/mol. The first-order valence-corrected chi connectivity index (χ1v) is 7.33. The summed E-state index contributed by atoms with van der Waals surface area (Å²) in [4.78, 5) is 24.3. The number of hydrogen-bond acceptors (Lipinski definition) is 4. The van der Waals surface area contributed by atoms with E-state index in [4.69, 9.17) is 5.11 Å². The van der Waals surface area contributed by atoms with Crippen LogP contribution in [0.2, 0.25) is 0 Å². The van der Waals surface area contributed by atoms with Gasteiger partial charge in [-0.3, -0.25) is 9.59 Å². The zero-order valence-electron chi connectivity index (χ0n) is 11.8. The maximum atomic E-state index is 12.2. The van der Waals surface area contributed by atoms with Gasteiger partial charge in [-0.05, 0) is 30.2 Å². The maximum Gasteiger partial charge on any atom is 0.227 e. The van der Waals surface area contributed by atoms with Gasteiger partial charge in [-0.2, -0.15) is 0 Å². The maximum absolute atomic E-state index is 12.2. The molecule has 0 aliphatic heterocycles. The van der Waals surface area contributed by atoms with E-state index in [-0.39, 0.29) is 23.5 Å². The average Bonchev–Trinajstić information content (AvgIpc) is 2.70. The lowest BCUT2D eigenvalue weighted by molar-refractivity contribution is -0.121. The van der Waals surface area contributed by atoms with Crippen molar-refractivity contribution in [2.75, 3.05) is 11.9 Å². The minimum atomic E-state index is -0.537. The van der Waals surface area contributed by atoms with Crippen molar-refractivity contribution in [3.8, 4) is 0 Å². The minimum absolute atomic E-state index is 0.0639. The summed E-state index contributed by atoms with van der Waals surface area (Å²) < 4.78 is 0. The standard InChI is InChI=1S/C14H21NO3S/c1-5-10(8(2)3)14(18)15-12-9(4)7-19-13(12)11(17)6-16/h7-8,10,16H,5-6H2,1-4H3,(H,15,18). The number of nitrogens with one attached hydrogen (secondary N) is 1. The quantitative estimate of drug-likeness (QED) is 0.789. The predicted octanol–water partition coefficient (Wildman–Crippen LogP) is 2.85. The fourth-order valence-corrected chi connectivity index (χ4v) is 2.99. The molecule has 5 heteroatoms. The first-order valence-electron chi connectivity index (χ1n) is 6.45. The number of carbonyl (C=O) groups excluding carboxylic acids is 2. The van der Waals surface area contributed by atoms with Crippen molar-refractivity contribution in [2.24, 2.45) is 11.8 Å². The van der Waals surface area contributed by atoms with Crippen molar-refractivity contribution in [3.63, 3.8) is 0 Å². The first kappa shape index (κ1) is 15.9.